The van der Waals surface area contributed by atoms with Crippen molar-refractivity contribution in [1.29, 1.82) is 0 Å². The van der Waals surface area contributed by atoms with Crippen LogP contribution in [0.5, 0.6) is 5.75 Å². The molecule has 6 nitrogen and oxygen atoms in total. The van der Waals surface area contributed by atoms with E-state index in [1.54, 1.807) is 0 Å². The molecule has 1 amide bonds. The number of carbonyl (C=O) groups excluding carboxylic acids is 1. The molecule has 0 spiro atoms. The minimum absolute atomic E-state index is 0.123. The van der Waals surface area contributed by atoms with E-state index in [1.165, 1.54) is 36.6 Å². The molecule has 1 atom stereocenters. The molecule has 25 heavy (non-hydrogen) atoms. The zero-order valence-electron chi connectivity index (χ0n) is 13.9. The molecule has 0 aromatic heterocycles. The minimum atomic E-state index is -1.08. The molecule has 136 valence electrons. The fraction of sp³-hybridized carbons (Fsp3) is 0.444. The smallest absolute Gasteiger partial charge is 0.321 e. The van der Waals surface area contributed by atoms with E-state index in [2.05, 4.69) is 16.7 Å². The predicted molar refractivity (Wildman–Crippen MR) is 97.0 cm³/mol. The number of hydrogen-bond acceptors (Lipinski definition) is 4. The van der Waals surface area contributed by atoms with Crippen LogP contribution in [0, 0.1) is 0 Å². The van der Waals surface area contributed by atoms with Gasteiger partial charge in [0.25, 0.3) is 0 Å². The Kier molecular flexibility index (Phi) is 7.28. The largest absolute Gasteiger partial charge is 0.506 e. The van der Waals surface area contributed by atoms with E-state index >= 15 is 0 Å². The van der Waals surface area contributed by atoms with Crippen LogP contribution >= 0.6 is 11.6 Å². The van der Waals surface area contributed by atoms with Crippen molar-refractivity contribution in [1.82, 2.24) is 5.32 Å². The van der Waals surface area contributed by atoms with Gasteiger partial charge in [-0.1, -0.05) is 23.3 Å². The van der Waals surface area contributed by atoms with Crippen LogP contribution in [0.15, 0.2) is 29.8 Å². The number of carbonyl (C=O) groups is 2. The van der Waals surface area contributed by atoms with Gasteiger partial charge in [0.15, 0.2) is 0 Å². The highest BCUT2D eigenvalue weighted by Crippen LogP contribution is 2.26. The lowest BCUT2D eigenvalue weighted by molar-refractivity contribution is -0.141. The van der Waals surface area contributed by atoms with Crippen LogP contribution < -0.4 is 10.6 Å². The summed E-state index contributed by atoms with van der Waals surface area (Å²) in [6.07, 6.45) is 7.32. The van der Waals surface area contributed by atoms with Crippen LogP contribution in [-0.4, -0.2) is 34.7 Å². The maximum Gasteiger partial charge on any atom is 0.321 e. The lowest BCUT2D eigenvalue weighted by Gasteiger charge is -2.17. The van der Waals surface area contributed by atoms with Crippen molar-refractivity contribution in [2.45, 2.75) is 44.6 Å². The van der Waals surface area contributed by atoms with Crippen molar-refractivity contribution in [3.8, 4) is 5.75 Å². The molecule has 2 rings (SSSR count). The number of phenolic OH excluding ortho intramolecular Hbond substituents is 1. The fourth-order valence-corrected chi connectivity index (χ4v) is 2.95. The number of allylic oxidation sites excluding steroid dienone is 1. The summed E-state index contributed by atoms with van der Waals surface area (Å²) in [7, 11) is 0. The van der Waals surface area contributed by atoms with Gasteiger partial charge in [-0.15, -0.1) is 0 Å². The molecular formula is C18H23ClN2O4. The summed E-state index contributed by atoms with van der Waals surface area (Å²) in [5.74, 6) is -1.71. The molecule has 0 heterocycles. The number of anilines is 1. The second-order valence-corrected chi connectivity index (χ2v) is 6.55. The quantitative estimate of drug-likeness (QED) is 0.418. The van der Waals surface area contributed by atoms with Crippen molar-refractivity contribution in [2.75, 3.05) is 11.9 Å². The average Bonchev–Trinajstić information content (AvgIpc) is 2.58. The SMILES string of the molecule is O=C(CC(NCCC1=CCCCC1)C(=O)O)Nc1cc(Cl)ccc1O. The maximum atomic E-state index is 12.1. The number of phenols is 1. The second kappa shape index (κ2) is 9.44. The van der Waals surface area contributed by atoms with Gasteiger partial charge >= 0.3 is 5.97 Å². The summed E-state index contributed by atoms with van der Waals surface area (Å²) in [6.45, 7) is 0.512. The summed E-state index contributed by atoms with van der Waals surface area (Å²) < 4.78 is 0. The number of carboxylic acid groups (broad SMARTS) is 1. The van der Waals surface area contributed by atoms with E-state index in [0.29, 0.717) is 11.6 Å². The molecule has 4 N–H and O–H groups in total. The van der Waals surface area contributed by atoms with E-state index in [-0.39, 0.29) is 17.9 Å². The van der Waals surface area contributed by atoms with Crippen LogP contribution in [0.2, 0.25) is 5.02 Å². The number of carboxylic acids is 1. The Balaban J connectivity index is 1.85. The number of amides is 1. The molecule has 1 aromatic rings. The normalized spacial score (nSPS) is 15.3. The predicted octanol–water partition coefficient (Wildman–Crippen LogP) is 3.31. The van der Waals surface area contributed by atoms with Gasteiger partial charge in [-0.05, 0) is 56.8 Å². The Bertz CT molecular complexity index is 660. The summed E-state index contributed by atoms with van der Waals surface area (Å²) in [5, 5.41) is 24.8. The van der Waals surface area contributed by atoms with Gasteiger partial charge in [-0.25, -0.2) is 0 Å². The minimum Gasteiger partial charge on any atom is -0.506 e. The van der Waals surface area contributed by atoms with Crippen molar-refractivity contribution < 1.29 is 19.8 Å². The summed E-state index contributed by atoms with van der Waals surface area (Å²) in [4.78, 5) is 23.4. The topological polar surface area (TPSA) is 98.7 Å². The van der Waals surface area contributed by atoms with Crippen molar-refractivity contribution in [2.24, 2.45) is 0 Å². The number of nitrogens with one attached hydrogen (secondary N) is 2. The summed E-state index contributed by atoms with van der Waals surface area (Å²) >= 11 is 5.82. The highest BCUT2D eigenvalue weighted by atomic mass is 35.5. The Morgan fingerprint density at radius 3 is 2.76 bits per heavy atom. The number of aliphatic carboxylic acids is 1. The lowest BCUT2D eigenvalue weighted by Crippen LogP contribution is -2.40. The average molecular weight is 367 g/mol. The van der Waals surface area contributed by atoms with Crippen molar-refractivity contribution >= 4 is 29.2 Å². The highest BCUT2D eigenvalue weighted by Gasteiger charge is 2.21. The second-order valence-electron chi connectivity index (χ2n) is 6.12. The molecule has 1 aromatic carbocycles. The van der Waals surface area contributed by atoms with Gasteiger partial charge in [0, 0.05) is 5.02 Å². The first-order valence-electron chi connectivity index (χ1n) is 8.38. The lowest BCUT2D eigenvalue weighted by atomic mass is 9.97. The van der Waals surface area contributed by atoms with Crippen LogP contribution in [0.25, 0.3) is 0 Å². The molecule has 1 aliphatic rings. The first-order valence-corrected chi connectivity index (χ1v) is 8.76. The van der Waals surface area contributed by atoms with E-state index in [1.807, 2.05) is 0 Å². The Labute approximate surface area is 151 Å². The van der Waals surface area contributed by atoms with E-state index in [0.717, 1.165) is 19.3 Å². The standard InChI is InChI=1S/C18H23ClN2O4/c19-13-6-7-16(22)14(10-13)21-17(23)11-15(18(24)25)20-9-8-12-4-2-1-3-5-12/h4,6-7,10,15,20,22H,1-3,5,8-9,11H2,(H,21,23)(H,24,25). The molecule has 7 heteroatoms. The molecule has 0 saturated heterocycles. The molecule has 0 bridgehead atoms. The van der Waals surface area contributed by atoms with Gasteiger partial charge in [0.05, 0.1) is 12.1 Å². The van der Waals surface area contributed by atoms with E-state index in [9.17, 15) is 19.8 Å². The molecule has 1 aliphatic carbocycles. The zero-order valence-corrected chi connectivity index (χ0v) is 14.7. The molecule has 0 fully saturated rings. The monoisotopic (exact) mass is 366 g/mol. The van der Waals surface area contributed by atoms with E-state index < -0.39 is 17.9 Å². The van der Waals surface area contributed by atoms with Gasteiger partial charge in [-0.3, -0.25) is 9.59 Å². The number of rotatable bonds is 8. The number of benzene rings is 1. The fourth-order valence-electron chi connectivity index (χ4n) is 2.78. The van der Waals surface area contributed by atoms with Crippen molar-refractivity contribution in [3.05, 3.63) is 34.9 Å². The maximum absolute atomic E-state index is 12.1. The highest BCUT2D eigenvalue weighted by molar-refractivity contribution is 6.31. The molecular weight excluding hydrogens is 344 g/mol. The molecule has 0 aliphatic heterocycles. The number of aromatic hydroxyl groups is 1. The Hall–Kier alpha value is -2.05. The van der Waals surface area contributed by atoms with E-state index in [4.69, 9.17) is 11.6 Å². The van der Waals surface area contributed by atoms with Crippen LogP contribution in [0.1, 0.15) is 38.5 Å². The zero-order chi connectivity index (χ0) is 18.2. The molecule has 0 saturated carbocycles. The van der Waals surface area contributed by atoms with Gasteiger partial charge < -0.3 is 20.8 Å². The summed E-state index contributed by atoms with van der Waals surface area (Å²) in [6, 6.07) is 3.29. The number of hydrogen-bond donors (Lipinski definition) is 4. The third-order valence-electron chi connectivity index (χ3n) is 4.14. The Morgan fingerprint density at radius 1 is 1.28 bits per heavy atom. The van der Waals surface area contributed by atoms with Gasteiger partial charge in [-0.2, -0.15) is 0 Å². The van der Waals surface area contributed by atoms with Crippen molar-refractivity contribution in [3.63, 3.8) is 0 Å². The first kappa shape index (κ1) is 19.3. The summed E-state index contributed by atoms with van der Waals surface area (Å²) in [5.41, 5.74) is 1.50. The van der Waals surface area contributed by atoms with Crippen LogP contribution in [0.4, 0.5) is 5.69 Å². The Morgan fingerprint density at radius 2 is 2.08 bits per heavy atom. The van der Waals surface area contributed by atoms with Crippen LogP contribution in [0.3, 0.4) is 0 Å². The number of halogens is 1. The molecule has 1 unspecified atom stereocenters. The third-order valence-corrected chi connectivity index (χ3v) is 4.38. The first-order chi connectivity index (χ1) is 12.0. The van der Waals surface area contributed by atoms with Gasteiger partial charge in [0.2, 0.25) is 5.91 Å². The third kappa shape index (κ3) is 6.40. The van der Waals surface area contributed by atoms with Gasteiger partial charge in [0.1, 0.15) is 11.8 Å². The van der Waals surface area contributed by atoms with Crippen LogP contribution in [-0.2, 0) is 9.59 Å². The molecule has 0 radical (unpaired) electrons.